The van der Waals surface area contributed by atoms with Crippen LogP contribution in [0.3, 0.4) is 0 Å². The number of aromatic nitrogens is 2. The molecule has 9 nitrogen and oxygen atoms in total. The lowest BCUT2D eigenvalue weighted by Crippen LogP contribution is -2.45. The van der Waals surface area contributed by atoms with E-state index in [1.807, 2.05) is 44.2 Å². The Hall–Kier alpha value is -3.20. The number of nitro groups is 1. The highest BCUT2D eigenvalue weighted by Gasteiger charge is 2.30. The largest absolute Gasteiger partial charge is 0.375 e. The zero-order valence-corrected chi connectivity index (χ0v) is 15.7. The van der Waals surface area contributed by atoms with Gasteiger partial charge in [0.05, 0.1) is 22.8 Å². The number of ether oxygens (including phenoxy) is 1. The Kier molecular flexibility index (Phi) is 4.82. The van der Waals surface area contributed by atoms with Crippen molar-refractivity contribution < 1.29 is 14.3 Å². The second-order valence-corrected chi connectivity index (χ2v) is 7.01. The van der Waals surface area contributed by atoms with Crippen molar-refractivity contribution in [3.8, 4) is 0 Å². The van der Waals surface area contributed by atoms with E-state index in [0.717, 1.165) is 11.3 Å². The molecule has 9 heteroatoms. The van der Waals surface area contributed by atoms with E-state index in [4.69, 9.17) is 9.37 Å². The maximum atomic E-state index is 11.8. The zero-order valence-electron chi connectivity index (χ0n) is 15.7. The van der Waals surface area contributed by atoms with Crippen molar-refractivity contribution in [2.24, 2.45) is 0 Å². The zero-order chi connectivity index (χ0) is 19.7. The first-order valence-electron chi connectivity index (χ1n) is 9.14. The summed E-state index contributed by atoms with van der Waals surface area (Å²) in [6.45, 7) is 5.76. The Morgan fingerprint density at radius 1 is 1.18 bits per heavy atom. The molecule has 146 valence electrons. The molecule has 1 aliphatic rings. The van der Waals surface area contributed by atoms with Crippen LogP contribution in [-0.2, 0) is 11.3 Å². The number of nitrogens with one attached hydrogen (secondary N) is 1. The SMILES string of the molecule is CC1CN(c2cc(NCc3ccccc3)c([N+](=O)[O-])c3nonc23)CC(C)O1. The van der Waals surface area contributed by atoms with Gasteiger partial charge in [-0.05, 0) is 35.8 Å². The fourth-order valence-corrected chi connectivity index (χ4v) is 3.64. The van der Waals surface area contributed by atoms with Crippen LogP contribution in [0.1, 0.15) is 19.4 Å². The Balaban J connectivity index is 1.76. The topological polar surface area (TPSA) is 107 Å². The van der Waals surface area contributed by atoms with Gasteiger partial charge in [-0.15, -0.1) is 0 Å². The van der Waals surface area contributed by atoms with E-state index in [-0.39, 0.29) is 23.4 Å². The van der Waals surface area contributed by atoms with Crippen LogP contribution < -0.4 is 10.2 Å². The van der Waals surface area contributed by atoms with Gasteiger partial charge in [-0.2, -0.15) is 0 Å². The van der Waals surface area contributed by atoms with Crippen molar-refractivity contribution in [1.82, 2.24) is 10.3 Å². The molecule has 1 saturated heterocycles. The third-order valence-electron chi connectivity index (χ3n) is 4.76. The molecule has 2 unspecified atom stereocenters. The lowest BCUT2D eigenvalue weighted by molar-refractivity contribution is -0.382. The van der Waals surface area contributed by atoms with Crippen LogP contribution in [0.15, 0.2) is 41.0 Å². The molecule has 0 amide bonds. The Morgan fingerprint density at radius 2 is 1.86 bits per heavy atom. The third kappa shape index (κ3) is 3.48. The van der Waals surface area contributed by atoms with Gasteiger partial charge in [0, 0.05) is 19.6 Å². The molecule has 1 N–H and O–H groups in total. The van der Waals surface area contributed by atoms with Crippen LogP contribution in [0.2, 0.25) is 0 Å². The van der Waals surface area contributed by atoms with Crippen LogP contribution in [0.25, 0.3) is 11.0 Å². The van der Waals surface area contributed by atoms with Crippen molar-refractivity contribution in [3.63, 3.8) is 0 Å². The standard InChI is InChI=1S/C19H21N5O4/c1-12-10-23(11-13(2)27-12)16-8-15(20-9-14-6-4-3-5-7-14)19(24(25)26)18-17(16)21-28-22-18/h3-8,12-13,20H,9-11H2,1-2H3. The third-order valence-corrected chi connectivity index (χ3v) is 4.76. The van der Waals surface area contributed by atoms with Gasteiger partial charge in [0.1, 0.15) is 5.69 Å². The molecule has 0 spiro atoms. The monoisotopic (exact) mass is 383 g/mol. The van der Waals surface area contributed by atoms with Gasteiger partial charge in [0.25, 0.3) is 0 Å². The number of hydrogen-bond acceptors (Lipinski definition) is 8. The first-order chi connectivity index (χ1) is 13.5. The van der Waals surface area contributed by atoms with Crippen LogP contribution in [0, 0.1) is 10.1 Å². The average Bonchev–Trinajstić information content (AvgIpc) is 3.14. The summed E-state index contributed by atoms with van der Waals surface area (Å²) < 4.78 is 10.7. The van der Waals surface area contributed by atoms with Gasteiger partial charge < -0.3 is 15.0 Å². The number of anilines is 2. The summed E-state index contributed by atoms with van der Waals surface area (Å²) in [4.78, 5) is 13.4. The number of rotatable bonds is 5. The van der Waals surface area contributed by atoms with Crippen LogP contribution in [-0.4, -0.2) is 40.5 Å². The molecule has 0 aliphatic carbocycles. The van der Waals surface area contributed by atoms with Crippen molar-refractivity contribution in [3.05, 3.63) is 52.1 Å². The summed E-state index contributed by atoms with van der Waals surface area (Å²) in [5.41, 5.74) is 2.55. The molecule has 1 aliphatic heterocycles. The highest BCUT2D eigenvalue weighted by molar-refractivity contribution is 5.99. The van der Waals surface area contributed by atoms with Crippen molar-refractivity contribution in [2.75, 3.05) is 23.3 Å². The predicted molar refractivity (Wildman–Crippen MR) is 104 cm³/mol. The molecule has 28 heavy (non-hydrogen) atoms. The Morgan fingerprint density at radius 3 is 2.54 bits per heavy atom. The van der Waals surface area contributed by atoms with E-state index in [1.165, 1.54) is 0 Å². The molecule has 4 rings (SSSR count). The summed E-state index contributed by atoms with van der Waals surface area (Å²) in [7, 11) is 0. The fourth-order valence-electron chi connectivity index (χ4n) is 3.64. The van der Waals surface area contributed by atoms with Crippen molar-refractivity contribution in [2.45, 2.75) is 32.6 Å². The minimum absolute atomic E-state index is 0.0366. The van der Waals surface area contributed by atoms with E-state index >= 15 is 0 Å². The summed E-state index contributed by atoms with van der Waals surface area (Å²) in [5.74, 6) is 0. The van der Waals surface area contributed by atoms with Crippen LogP contribution in [0.4, 0.5) is 17.1 Å². The van der Waals surface area contributed by atoms with E-state index < -0.39 is 4.92 Å². The van der Waals surface area contributed by atoms with E-state index in [0.29, 0.717) is 30.8 Å². The summed E-state index contributed by atoms with van der Waals surface area (Å²) in [5, 5.41) is 22.7. The fraction of sp³-hybridized carbons (Fsp3) is 0.368. The normalized spacial score (nSPS) is 19.7. The molecule has 0 bridgehead atoms. The highest BCUT2D eigenvalue weighted by atomic mass is 16.6. The molecule has 2 aromatic carbocycles. The van der Waals surface area contributed by atoms with Crippen LogP contribution >= 0.6 is 0 Å². The van der Waals surface area contributed by atoms with Gasteiger partial charge in [-0.25, -0.2) is 4.63 Å². The van der Waals surface area contributed by atoms with E-state index in [2.05, 4.69) is 20.5 Å². The maximum Gasteiger partial charge on any atom is 0.323 e. The number of fused-ring (bicyclic) bond motifs is 1. The van der Waals surface area contributed by atoms with Gasteiger partial charge in [-0.3, -0.25) is 10.1 Å². The number of nitrogens with zero attached hydrogens (tertiary/aromatic N) is 4. The second-order valence-electron chi connectivity index (χ2n) is 7.01. The number of nitro benzene ring substituents is 1. The smallest absolute Gasteiger partial charge is 0.323 e. The molecule has 2 atom stereocenters. The van der Waals surface area contributed by atoms with Gasteiger partial charge in [0.2, 0.25) is 5.52 Å². The van der Waals surface area contributed by atoms with E-state index in [9.17, 15) is 10.1 Å². The number of hydrogen-bond donors (Lipinski definition) is 1. The van der Waals surface area contributed by atoms with E-state index in [1.54, 1.807) is 6.07 Å². The number of morpholine rings is 1. The molecule has 2 heterocycles. The summed E-state index contributed by atoms with van der Waals surface area (Å²) in [6.07, 6.45) is 0.0733. The minimum atomic E-state index is -0.450. The molecular weight excluding hydrogens is 362 g/mol. The quantitative estimate of drug-likeness (QED) is 0.528. The second kappa shape index (κ2) is 7.43. The minimum Gasteiger partial charge on any atom is -0.375 e. The predicted octanol–water partition coefficient (Wildman–Crippen LogP) is 3.36. The molecule has 0 saturated carbocycles. The molecule has 3 aromatic rings. The molecular formula is C19H21N5O4. The van der Waals surface area contributed by atoms with Gasteiger partial charge >= 0.3 is 5.69 Å². The molecule has 0 radical (unpaired) electrons. The lowest BCUT2D eigenvalue weighted by Gasteiger charge is -2.36. The highest BCUT2D eigenvalue weighted by Crippen LogP contribution is 2.39. The Bertz CT molecular complexity index is 981. The summed E-state index contributed by atoms with van der Waals surface area (Å²) in [6, 6.07) is 11.5. The maximum absolute atomic E-state index is 11.8. The van der Waals surface area contributed by atoms with Crippen molar-refractivity contribution >= 4 is 28.1 Å². The first-order valence-corrected chi connectivity index (χ1v) is 9.14. The average molecular weight is 383 g/mol. The molecule has 1 fully saturated rings. The van der Waals surface area contributed by atoms with Crippen molar-refractivity contribution in [1.29, 1.82) is 0 Å². The van der Waals surface area contributed by atoms with Crippen LogP contribution in [0.5, 0.6) is 0 Å². The summed E-state index contributed by atoms with van der Waals surface area (Å²) >= 11 is 0. The number of benzene rings is 2. The van der Waals surface area contributed by atoms with Gasteiger partial charge in [0.15, 0.2) is 5.52 Å². The van der Waals surface area contributed by atoms with Gasteiger partial charge in [-0.1, -0.05) is 30.3 Å². The Labute approximate surface area is 161 Å². The lowest BCUT2D eigenvalue weighted by atomic mass is 10.1. The first kappa shape index (κ1) is 18.2. The molecule has 1 aromatic heterocycles.